The van der Waals surface area contributed by atoms with Crippen molar-refractivity contribution in [1.29, 1.82) is 5.26 Å². The maximum atomic E-state index is 11.8. The highest BCUT2D eigenvalue weighted by Crippen LogP contribution is 2.24. The molecule has 1 rings (SSSR count). The number of aromatic nitrogens is 1. The Bertz CT molecular complexity index is 449. The molecule has 0 aromatic carbocycles. The van der Waals surface area contributed by atoms with E-state index in [1.54, 1.807) is 13.0 Å². The summed E-state index contributed by atoms with van der Waals surface area (Å²) in [5, 5.41) is 8.79. The lowest BCUT2D eigenvalue weighted by Crippen LogP contribution is -2.12. The van der Waals surface area contributed by atoms with Gasteiger partial charge in [0, 0.05) is 0 Å². The minimum Gasteiger partial charge on any atom is -0.474 e. The second-order valence-electron chi connectivity index (χ2n) is 3.33. The van der Waals surface area contributed by atoms with E-state index < -0.39 is 13.0 Å². The van der Waals surface area contributed by atoms with Crippen LogP contribution >= 0.6 is 15.9 Å². The molecule has 0 spiro atoms. The summed E-state index contributed by atoms with van der Waals surface area (Å²) in [6.45, 7) is 1.25. The standard InChI is InChI=1S/C11H11BrF2N2O2/c1-7-8(5-15)4-9(12)11(16-7)18-3-2-17-6-10(13)14/h4,10H,2-3,6H2,1H3. The van der Waals surface area contributed by atoms with E-state index in [9.17, 15) is 8.78 Å². The zero-order chi connectivity index (χ0) is 13.5. The summed E-state index contributed by atoms with van der Waals surface area (Å²) in [5.41, 5.74) is 0.993. The number of nitriles is 1. The summed E-state index contributed by atoms with van der Waals surface area (Å²) >= 11 is 3.22. The number of aryl methyl sites for hydroxylation is 1. The number of ether oxygens (including phenoxy) is 2. The summed E-state index contributed by atoms with van der Waals surface area (Å²) in [4.78, 5) is 4.08. The molecule has 0 aliphatic rings. The van der Waals surface area contributed by atoms with Crippen molar-refractivity contribution < 1.29 is 18.3 Å². The van der Waals surface area contributed by atoms with Crippen LogP contribution in [0.1, 0.15) is 11.3 Å². The predicted molar refractivity (Wildman–Crippen MR) is 63.7 cm³/mol. The van der Waals surface area contributed by atoms with E-state index in [4.69, 9.17) is 10.00 Å². The van der Waals surface area contributed by atoms with Gasteiger partial charge in [-0.1, -0.05) is 0 Å². The van der Waals surface area contributed by atoms with Gasteiger partial charge in [0.1, 0.15) is 19.3 Å². The van der Waals surface area contributed by atoms with Crippen LogP contribution in [-0.4, -0.2) is 31.2 Å². The molecule has 0 unspecified atom stereocenters. The molecule has 0 saturated carbocycles. The fourth-order valence-electron chi connectivity index (χ4n) is 1.14. The van der Waals surface area contributed by atoms with Crippen LogP contribution < -0.4 is 4.74 Å². The molecule has 1 heterocycles. The van der Waals surface area contributed by atoms with Gasteiger partial charge >= 0.3 is 0 Å². The van der Waals surface area contributed by atoms with Crippen molar-refractivity contribution in [3.05, 3.63) is 21.8 Å². The molecule has 18 heavy (non-hydrogen) atoms. The number of hydrogen-bond acceptors (Lipinski definition) is 4. The van der Waals surface area contributed by atoms with Crippen LogP contribution in [0.2, 0.25) is 0 Å². The van der Waals surface area contributed by atoms with Gasteiger partial charge in [-0.15, -0.1) is 0 Å². The lowest BCUT2D eigenvalue weighted by molar-refractivity contribution is 0.00714. The fraction of sp³-hybridized carbons (Fsp3) is 0.455. The Kier molecular flexibility index (Phi) is 5.95. The molecule has 0 saturated heterocycles. The first-order valence-corrected chi connectivity index (χ1v) is 5.89. The molecule has 0 aliphatic carbocycles. The summed E-state index contributed by atoms with van der Waals surface area (Å²) < 4.78 is 34.0. The molecular weight excluding hydrogens is 310 g/mol. The van der Waals surface area contributed by atoms with Gasteiger partial charge in [-0.2, -0.15) is 5.26 Å². The van der Waals surface area contributed by atoms with Crippen LogP contribution in [0.25, 0.3) is 0 Å². The second kappa shape index (κ2) is 7.24. The van der Waals surface area contributed by atoms with E-state index >= 15 is 0 Å². The highest BCUT2D eigenvalue weighted by molar-refractivity contribution is 9.10. The van der Waals surface area contributed by atoms with Gasteiger partial charge in [-0.3, -0.25) is 0 Å². The van der Waals surface area contributed by atoms with Crippen molar-refractivity contribution in [3.63, 3.8) is 0 Å². The van der Waals surface area contributed by atoms with Gasteiger partial charge in [-0.05, 0) is 28.9 Å². The van der Waals surface area contributed by atoms with E-state index in [-0.39, 0.29) is 13.2 Å². The molecule has 4 nitrogen and oxygen atoms in total. The number of hydrogen-bond donors (Lipinski definition) is 0. The fourth-order valence-corrected chi connectivity index (χ4v) is 1.57. The Morgan fingerprint density at radius 1 is 1.50 bits per heavy atom. The minimum absolute atomic E-state index is 0.0531. The molecule has 7 heteroatoms. The summed E-state index contributed by atoms with van der Waals surface area (Å²) in [5.74, 6) is 0.312. The second-order valence-corrected chi connectivity index (χ2v) is 4.19. The molecular formula is C11H11BrF2N2O2. The number of nitrogens with zero attached hydrogens (tertiary/aromatic N) is 2. The highest BCUT2D eigenvalue weighted by Gasteiger charge is 2.08. The van der Waals surface area contributed by atoms with Crippen molar-refractivity contribution in [1.82, 2.24) is 4.98 Å². The number of alkyl halides is 2. The van der Waals surface area contributed by atoms with Gasteiger partial charge in [0.05, 0.1) is 22.3 Å². The Morgan fingerprint density at radius 3 is 2.83 bits per heavy atom. The van der Waals surface area contributed by atoms with E-state index in [2.05, 4.69) is 25.7 Å². The van der Waals surface area contributed by atoms with E-state index in [1.807, 2.05) is 6.07 Å². The van der Waals surface area contributed by atoms with Gasteiger partial charge in [0.2, 0.25) is 5.88 Å². The molecule has 0 amide bonds. The smallest absolute Gasteiger partial charge is 0.261 e. The Morgan fingerprint density at radius 2 is 2.22 bits per heavy atom. The molecule has 0 fully saturated rings. The first-order valence-electron chi connectivity index (χ1n) is 5.10. The molecule has 0 radical (unpaired) electrons. The van der Waals surface area contributed by atoms with E-state index in [1.165, 1.54) is 0 Å². The highest BCUT2D eigenvalue weighted by atomic mass is 79.9. The maximum Gasteiger partial charge on any atom is 0.261 e. The average Bonchev–Trinajstić information content (AvgIpc) is 2.32. The predicted octanol–water partition coefficient (Wildman–Crippen LogP) is 2.68. The normalized spacial score (nSPS) is 10.4. The molecule has 0 aliphatic heterocycles. The summed E-state index contributed by atoms with van der Waals surface area (Å²) in [7, 11) is 0. The van der Waals surface area contributed by atoms with Crippen molar-refractivity contribution in [2.45, 2.75) is 13.3 Å². The number of pyridine rings is 1. The van der Waals surface area contributed by atoms with Crippen LogP contribution in [0.15, 0.2) is 10.5 Å². The van der Waals surface area contributed by atoms with Crippen LogP contribution in [-0.2, 0) is 4.74 Å². The van der Waals surface area contributed by atoms with Crippen LogP contribution in [0.5, 0.6) is 5.88 Å². The molecule has 98 valence electrons. The molecule has 1 aromatic heterocycles. The van der Waals surface area contributed by atoms with Crippen molar-refractivity contribution >= 4 is 15.9 Å². The van der Waals surface area contributed by atoms with Crippen molar-refractivity contribution in [3.8, 4) is 11.9 Å². The van der Waals surface area contributed by atoms with Gasteiger partial charge < -0.3 is 9.47 Å². The molecule has 0 bridgehead atoms. The topological polar surface area (TPSA) is 55.1 Å². The molecule has 1 aromatic rings. The zero-order valence-corrected chi connectivity index (χ0v) is 11.2. The Hall–Kier alpha value is -1.26. The molecule has 0 atom stereocenters. The van der Waals surface area contributed by atoms with Crippen molar-refractivity contribution in [2.75, 3.05) is 19.8 Å². The minimum atomic E-state index is -2.48. The third kappa shape index (κ3) is 4.55. The number of halogens is 3. The quantitative estimate of drug-likeness (QED) is 0.756. The maximum absolute atomic E-state index is 11.8. The van der Waals surface area contributed by atoms with Crippen LogP contribution in [0, 0.1) is 18.3 Å². The first kappa shape index (κ1) is 14.8. The lowest BCUT2D eigenvalue weighted by Gasteiger charge is -2.09. The monoisotopic (exact) mass is 320 g/mol. The third-order valence-electron chi connectivity index (χ3n) is 1.97. The largest absolute Gasteiger partial charge is 0.474 e. The van der Waals surface area contributed by atoms with E-state index in [0.717, 1.165) is 0 Å². The van der Waals surface area contributed by atoms with Gasteiger partial charge in [0.15, 0.2) is 0 Å². The third-order valence-corrected chi connectivity index (χ3v) is 2.53. The van der Waals surface area contributed by atoms with E-state index in [0.29, 0.717) is 21.6 Å². The van der Waals surface area contributed by atoms with Gasteiger partial charge in [-0.25, -0.2) is 13.8 Å². The SMILES string of the molecule is Cc1nc(OCCOCC(F)F)c(Br)cc1C#N. The summed E-state index contributed by atoms with van der Waals surface area (Å²) in [6.07, 6.45) is -2.48. The zero-order valence-electron chi connectivity index (χ0n) is 9.62. The first-order chi connectivity index (χ1) is 8.54. The van der Waals surface area contributed by atoms with Crippen LogP contribution in [0.3, 0.4) is 0 Å². The lowest BCUT2D eigenvalue weighted by atomic mass is 10.2. The Balaban J connectivity index is 2.48. The average molecular weight is 321 g/mol. The molecule has 0 N–H and O–H groups in total. The summed E-state index contributed by atoms with van der Waals surface area (Å²) in [6, 6.07) is 3.59. The number of rotatable bonds is 6. The Labute approximate surface area is 112 Å². The van der Waals surface area contributed by atoms with Gasteiger partial charge in [0.25, 0.3) is 6.43 Å². The van der Waals surface area contributed by atoms with Crippen LogP contribution in [0.4, 0.5) is 8.78 Å². The van der Waals surface area contributed by atoms with Crippen molar-refractivity contribution in [2.24, 2.45) is 0 Å².